The number of methoxy groups -OCH3 is 1. The van der Waals surface area contributed by atoms with Gasteiger partial charge in [0.25, 0.3) is 5.91 Å². The Morgan fingerprint density at radius 3 is 2.42 bits per heavy atom. The summed E-state index contributed by atoms with van der Waals surface area (Å²) >= 11 is 0. The molecule has 0 radical (unpaired) electrons. The van der Waals surface area contributed by atoms with Gasteiger partial charge in [0.05, 0.1) is 29.3 Å². The van der Waals surface area contributed by atoms with Gasteiger partial charge in [0, 0.05) is 33.6 Å². The molecule has 2 heterocycles. The van der Waals surface area contributed by atoms with Gasteiger partial charge in [0.2, 0.25) is 5.78 Å². The SMILES string of the molecule is COC1=C/C(=C2\C=C(c3ccc(NC(=O)c4ccccc4-c4nc5ccc(C(=O)c6ccccc6)cc5[nH]4)cc3)NC(N)=C2C#N)C=CC1=O. The van der Waals surface area contributed by atoms with Crippen molar-refractivity contribution >= 4 is 39.9 Å². The molecule has 242 valence electrons. The summed E-state index contributed by atoms with van der Waals surface area (Å²) in [5.74, 6) is 0.133. The van der Waals surface area contributed by atoms with Crippen LogP contribution in [0.25, 0.3) is 28.1 Å². The predicted octanol–water partition coefficient (Wildman–Crippen LogP) is 6.32. The molecule has 4 aromatic carbocycles. The fourth-order valence-electron chi connectivity index (χ4n) is 5.80. The zero-order chi connectivity index (χ0) is 34.8. The highest BCUT2D eigenvalue weighted by Crippen LogP contribution is 2.31. The van der Waals surface area contributed by atoms with E-state index in [2.05, 4.69) is 21.7 Å². The molecule has 0 fully saturated rings. The second-order valence-corrected chi connectivity index (χ2v) is 11.5. The predicted molar refractivity (Wildman–Crippen MR) is 190 cm³/mol. The number of allylic oxidation sites excluding steroid dienone is 7. The number of aromatic nitrogens is 2. The van der Waals surface area contributed by atoms with Crippen LogP contribution in [0.2, 0.25) is 0 Å². The number of ketones is 2. The number of H-pyrrole nitrogens is 1. The number of aromatic amines is 1. The van der Waals surface area contributed by atoms with Crippen LogP contribution in [0.15, 0.2) is 150 Å². The molecule has 0 saturated carbocycles. The highest BCUT2D eigenvalue weighted by molar-refractivity contribution is 6.11. The Morgan fingerprint density at radius 1 is 0.900 bits per heavy atom. The van der Waals surface area contributed by atoms with E-state index >= 15 is 0 Å². The lowest BCUT2D eigenvalue weighted by atomic mass is 9.92. The van der Waals surface area contributed by atoms with Crippen molar-refractivity contribution in [3.63, 3.8) is 0 Å². The molecular formula is C40H28N6O4. The number of hydrogen-bond donors (Lipinski definition) is 4. The van der Waals surface area contributed by atoms with Crippen LogP contribution in [0.3, 0.4) is 0 Å². The second kappa shape index (κ2) is 13.1. The van der Waals surface area contributed by atoms with E-state index in [1.54, 1.807) is 72.8 Å². The molecular weight excluding hydrogens is 628 g/mol. The number of carbonyl (C=O) groups is 3. The van der Waals surface area contributed by atoms with Gasteiger partial charge in [-0.05, 0) is 65.8 Å². The number of rotatable bonds is 7. The van der Waals surface area contributed by atoms with Crippen molar-refractivity contribution < 1.29 is 19.1 Å². The molecule has 5 N–H and O–H groups in total. The van der Waals surface area contributed by atoms with E-state index < -0.39 is 0 Å². The molecule has 1 aliphatic heterocycles. The van der Waals surface area contributed by atoms with Crippen LogP contribution in [0, 0.1) is 11.3 Å². The number of nitrogens with one attached hydrogen (secondary N) is 3. The Labute approximate surface area is 286 Å². The number of nitriles is 1. The minimum absolute atomic E-state index is 0.0915. The van der Waals surface area contributed by atoms with Crippen LogP contribution in [-0.2, 0) is 9.53 Å². The summed E-state index contributed by atoms with van der Waals surface area (Å²) in [5.41, 5.74) is 13.0. The first-order valence-corrected chi connectivity index (χ1v) is 15.5. The lowest BCUT2D eigenvalue weighted by Crippen LogP contribution is -2.25. The third-order valence-electron chi connectivity index (χ3n) is 8.34. The number of imidazole rings is 1. The number of ether oxygens (including phenoxy) is 1. The summed E-state index contributed by atoms with van der Waals surface area (Å²) in [6, 6.07) is 30.8. The summed E-state index contributed by atoms with van der Waals surface area (Å²) in [5, 5.41) is 15.9. The van der Waals surface area contributed by atoms with E-state index in [1.165, 1.54) is 13.2 Å². The maximum atomic E-state index is 13.6. The molecule has 1 aromatic heterocycles. The number of dihydropyridines is 1. The highest BCUT2D eigenvalue weighted by atomic mass is 16.5. The lowest BCUT2D eigenvalue weighted by Gasteiger charge is -2.21. The summed E-state index contributed by atoms with van der Waals surface area (Å²) in [6.07, 6.45) is 6.37. The first-order valence-electron chi connectivity index (χ1n) is 15.5. The van der Waals surface area contributed by atoms with E-state index in [0.717, 1.165) is 5.56 Å². The molecule has 0 saturated heterocycles. The van der Waals surface area contributed by atoms with Crippen LogP contribution < -0.4 is 16.4 Å². The number of nitrogens with zero attached hydrogens (tertiary/aromatic N) is 2. The number of hydrogen-bond acceptors (Lipinski definition) is 8. The lowest BCUT2D eigenvalue weighted by molar-refractivity contribution is -0.114. The molecule has 50 heavy (non-hydrogen) atoms. The van der Waals surface area contributed by atoms with E-state index in [0.29, 0.717) is 61.6 Å². The van der Waals surface area contributed by atoms with Gasteiger partial charge in [-0.3, -0.25) is 14.4 Å². The Balaban J connectivity index is 1.12. The Hall–Kier alpha value is -7.25. The first kappa shape index (κ1) is 31.4. The number of amides is 1. The topological polar surface area (TPSA) is 163 Å². The Kier molecular flexibility index (Phi) is 8.21. The average molecular weight is 657 g/mol. The summed E-state index contributed by atoms with van der Waals surface area (Å²) in [6.45, 7) is 0. The minimum Gasteiger partial charge on any atom is -0.493 e. The van der Waals surface area contributed by atoms with Crippen LogP contribution in [0.4, 0.5) is 5.69 Å². The molecule has 2 aliphatic rings. The minimum atomic E-state index is -0.332. The van der Waals surface area contributed by atoms with Gasteiger partial charge in [0.15, 0.2) is 11.5 Å². The molecule has 7 rings (SSSR count). The number of nitrogens with two attached hydrogens (primary N) is 1. The zero-order valence-electron chi connectivity index (χ0n) is 26.7. The fraction of sp³-hybridized carbons (Fsp3) is 0.0250. The number of benzene rings is 4. The molecule has 0 bridgehead atoms. The molecule has 1 aliphatic carbocycles. The van der Waals surface area contributed by atoms with Crippen LogP contribution in [-0.4, -0.2) is 34.6 Å². The van der Waals surface area contributed by atoms with Gasteiger partial charge in [-0.25, -0.2) is 4.98 Å². The van der Waals surface area contributed by atoms with Gasteiger partial charge in [-0.15, -0.1) is 0 Å². The van der Waals surface area contributed by atoms with Crippen LogP contribution in [0.1, 0.15) is 31.8 Å². The van der Waals surface area contributed by atoms with Crippen molar-refractivity contribution in [1.29, 1.82) is 5.26 Å². The van der Waals surface area contributed by atoms with E-state index in [-0.39, 0.29) is 34.6 Å². The summed E-state index contributed by atoms with van der Waals surface area (Å²) in [4.78, 5) is 46.7. The zero-order valence-corrected chi connectivity index (χ0v) is 26.7. The summed E-state index contributed by atoms with van der Waals surface area (Å²) in [7, 11) is 1.41. The second-order valence-electron chi connectivity index (χ2n) is 11.5. The smallest absolute Gasteiger partial charge is 0.256 e. The largest absolute Gasteiger partial charge is 0.493 e. The molecule has 0 atom stereocenters. The van der Waals surface area contributed by atoms with Crippen molar-refractivity contribution in [3.05, 3.63) is 172 Å². The van der Waals surface area contributed by atoms with Crippen LogP contribution >= 0.6 is 0 Å². The van der Waals surface area contributed by atoms with E-state index in [4.69, 9.17) is 15.5 Å². The Bertz CT molecular complexity index is 2420. The highest BCUT2D eigenvalue weighted by Gasteiger charge is 2.22. The van der Waals surface area contributed by atoms with Gasteiger partial charge in [-0.1, -0.05) is 66.7 Å². The van der Waals surface area contributed by atoms with Gasteiger partial charge >= 0.3 is 0 Å². The number of anilines is 1. The fourth-order valence-corrected chi connectivity index (χ4v) is 5.80. The van der Waals surface area contributed by atoms with Crippen LogP contribution in [0.5, 0.6) is 0 Å². The van der Waals surface area contributed by atoms with E-state index in [1.807, 2.05) is 42.5 Å². The van der Waals surface area contributed by atoms with Crippen molar-refractivity contribution in [2.75, 3.05) is 12.4 Å². The Morgan fingerprint density at radius 2 is 1.66 bits per heavy atom. The van der Waals surface area contributed by atoms with E-state index in [9.17, 15) is 19.6 Å². The standard InChI is InChI=1S/C40H28N6O4/c1-50-36-20-25(14-18-35(36)47)30-21-33(44-38(42)31(30)22-41)23-11-15-27(16-12-23)43-40(49)29-10-6-5-9-28(29)39-45-32-17-13-26(19-34(32)46-39)37(48)24-7-3-2-4-8-24/h2-21,44H,42H2,1H3,(H,43,49)(H,45,46)/b30-25+. The normalized spacial score (nSPS) is 15.6. The summed E-state index contributed by atoms with van der Waals surface area (Å²) < 4.78 is 5.19. The monoisotopic (exact) mass is 656 g/mol. The number of fused-ring (bicyclic) bond motifs is 1. The maximum absolute atomic E-state index is 13.6. The van der Waals surface area contributed by atoms with Gasteiger partial charge < -0.3 is 26.1 Å². The molecule has 0 spiro atoms. The van der Waals surface area contributed by atoms with Crippen molar-refractivity contribution in [1.82, 2.24) is 15.3 Å². The van der Waals surface area contributed by atoms with Crippen molar-refractivity contribution in [2.45, 2.75) is 0 Å². The molecule has 5 aromatic rings. The van der Waals surface area contributed by atoms with Gasteiger partial charge in [0.1, 0.15) is 17.7 Å². The molecule has 10 nitrogen and oxygen atoms in total. The quantitative estimate of drug-likeness (QED) is 0.148. The average Bonchev–Trinajstić information content (AvgIpc) is 3.58. The van der Waals surface area contributed by atoms with Crippen molar-refractivity contribution in [2.24, 2.45) is 5.73 Å². The third kappa shape index (κ3) is 5.98. The molecule has 0 unspecified atom stereocenters. The molecule has 1 amide bonds. The maximum Gasteiger partial charge on any atom is 0.256 e. The van der Waals surface area contributed by atoms with Crippen molar-refractivity contribution in [3.8, 4) is 17.5 Å². The first-order chi connectivity index (χ1) is 24.3. The number of carbonyl (C=O) groups excluding carboxylic acids is 3. The van der Waals surface area contributed by atoms with Gasteiger partial charge in [-0.2, -0.15) is 5.26 Å². The molecule has 10 heteroatoms. The third-order valence-corrected chi connectivity index (χ3v) is 8.34.